The number of anilines is 6. The van der Waals surface area contributed by atoms with Gasteiger partial charge in [0.1, 0.15) is 0 Å². The first-order valence-corrected chi connectivity index (χ1v) is 28.8. The fraction of sp³-hybridized carbons (Fsp3) is 0. The number of thiazole rings is 6. The van der Waals surface area contributed by atoms with Crippen molar-refractivity contribution in [1.82, 2.24) is 45.3 Å². The van der Waals surface area contributed by atoms with Crippen LogP contribution in [-0.2, 0) is 94.6 Å². The largest absolute Gasteiger partial charge is 3.00 e. The summed E-state index contributed by atoms with van der Waals surface area (Å²) in [5.74, 6) is 0. The SMILES string of the molecule is [Ir+3].[SH+]=C([SH2+])N(Nc1nc2ccccc2s1)Nc1nc2ccccc2s1.[SH+]=C([SH2+])N(Nc1nc2ccccc2s1)Nc1nc2ccccc2s1.[SH+]=C([SH2+])N(Nc1nc2ccccc2s1)Nc1nc2ccccc2s1. The third-order valence-electron chi connectivity index (χ3n) is 9.64. The van der Waals surface area contributed by atoms with Crippen molar-refractivity contribution < 1.29 is 20.1 Å². The number of rotatable bonds is 12. The van der Waals surface area contributed by atoms with E-state index in [0.29, 0.717) is 13.0 Å². The summed E-state index contributed by atoms with van der Waals surface area (Å²) in [4.78, 5) is 27.4. The minimum Gasteiger partial charge on any atom is -0.264 e. The van der Waals surface area contributed by atoms with Gasteiger partial charge in [0, 0.05) is 0 Å². The van der Waals surface area contributed by atoms with Gasteiger partial charge in [-0.1, -0.05) is 141 Å². The molecular weight excluding hydrogens is 1330 g/mol. The van der Waals surface area contributed by atoms with Crippen molar-refractivity contribution in [3.8, 4) is 0 Å². The van der Waals surface area contributed by atoms with Gasteiger partial charge in [-0.3, -0.25) is 32.6 Å². The number of thiol groups is 3. The Morgan fingerprint density at radius 1 is 0.301 bits per heavy atom. The smallest absolute Gasteiger partial charge is 0.264 e. The second kappa shape index (κ2) is 24.8. The van der Waals surface area contributed by atoms with E-state index in [1.54, 1.807) is 83.4 Å². The molecule has 12 aromatic rings. The Morgan fingerprint density at radius 3 is 0.589 bits per heavy atom. The van der Waals surface area contributed by atoms with Crippen LogP contribution in [0.3, 0.4) is 0 Å². The van der Waals surface area contributed by atoms with Crippen molar-refractivity contribution in [3.05, 3.63) is 146 Å². The van der Waals surface area contributed by atoms with Crippen LogP contribution >= 0.6 is 68.0 Å². The van der Waals surface area contributed by atoms with E-state index in [1.807, 2.05) is 146 Å². The number of fused-ring (bicyclic) bond motifs is 6. The molecule has 0 spiro atoms. The van der Waals surface area contributed by atoms with Crippen LogP contribution in [0.15, 0.2) is 146 Å². The van der Waals surface area contributed by atoms with Gasteiger partial charge in [0.05, 0.1) is 99.2 Å². The van der Waals surface area contributed by atoms with Crippen molar-refractivity contribution in [2.45, 2.75) is 0 Å². The average Bonchev–Trinajstić information content (AvgIpc) is 4.25. The predicted molar refractivity (Wildman–Crippen MR) is 337 cm³/mol. The number of hydrogen-bond donors (Lipinski definition) is 6. The predicted octanol–water partition coefficient (Wildman–Crippen LogP) is 8.82. The molecule has 6 N–H and O–H groups in total. The Balaban J connectivity index is 0.000000134. The van der Waals surface area contributed by atoms with E-state index in [0.717, 1.165) is 92.1 Å². The fourth-order valence-electron chi connectivity index (χ4n) is 6.50. The number of nitrogens with zero attached hydrogens (tertiary/aromatic N) is 9. The summed E-state index contributed by atoms with van der Waals surface area (Å²) < 4.78 is 8.41. The summed E-state index contributed by atoms with van der Waals surface area (Å²) in [6, 6.07) is 48.1. The molecule has 15 nitrogen and oxygen atoms in total. The molecule has 0 aliphatic carbocycles. The van der Waals surface area contributed by atoms with Gasteiger partial charge >= 0.3 is 33.1 Å². The van der Waals surface area contributed by atoms with Crippen LogP contribution in [0.2, 0.25) is 0 Å². The first-order valence-electron chi connectivity index (χ1n) is 21.0. The van der Waals surface area contributed by atoms with Gasteiger partial charge in [-0.15, -0.1) is 0 Å². The van der Waals surface area contributed by atoms with Gasteiger partial charge in [0.25, 0.3) is 0 Å². The molecule has 0 radical (unpaired) electrons. The Kier molecular flexibility index (Phi) is 18.0. The molecule has 366 valence electrons. The standard InChI is InChI=1S/3C15H11N5S4.Ir/c3*21-15(22)20(18-13-16-9-5-1-3-7-11(9)23-13)19-14-17-10-6-2-4-8-12(10)24-14;/h3*1-8H,(H,16,18)(H,17,19)(H,21,22);/q;;;+3/p+6. The van der Waals surface area contributed by atoms with Gasteiger partial charge in [0.15, 0.2) is 0 Å². The Hall–Kier alpha value is -4.69. The van der Waals surface area contributed by atoms with E-state index in [-0.39, 0.29) is 20.1 Å². The molecule has 0 unspecified atom stereocenters. The number of aromatic nitrogens is 6. The van der Waals surface area contributed by atoms with Gasteiger partial charge in [-0.25, -0.2) is 29.9 Å². The molecule has 0 atom stereocenters. The average molecular weight is 1370 g/mol. The topological polar surface area (TPSA) is 159 Å². The van der Waals surface area contributed by atoms with Crippen LogP contribution in [-0.4, -0.2) is 58.2 Å². The second-order valence-corrected chi connectivity index (χ2v) is 24.7. The summed E-state index contributed by atoms with van der Waals surface area (Å²) in [6.07, 6.45) is 0. The molecule has 0 fully saturated rings. The molecule has 6 aromatic carbocycles. The molecule has 73 heavy (non-hydrogen) atoms. The van der Waals surface area contributed by atoms with Crippen molar-refractivity contribution in [1.29, 1.82) is 0 Å². The third-order valence-corrected chi connectivity index (χ3v) is 16.6. The molecule has 0 aliphatic rings. The number of hydrazine groups is 6. The van der Waals surface area contributed by atoms with Crippen molar-refractivity contribution >= 4 is 248 Å². The van der Waals surface area contributed by atoms with E-state index in [1.165, 1.54) is 0 Å². The molecule has 28 heteroatoms. The molecule has 0 aliphatic heterocycles. The van der Waals surface area contributed by atoms with Crippen LogP contribution in [0, 0.1) is 0 Å². The van der Waals surface area contributed by atoms with E-state index < -0.39 is 0 Å². The van der Waals surface area contributed by atoms with Gasteiger partial charge in [0.2, 0.25) is 67.4 Å². The van der Waals surface area contributed by atoms with E-state index in [9.17, 15) is 0 Å². The van der Waals surface area contributed by atoms with Gasteiger partial charge in [-0.2, -0.15) is 0 Å². The molecule has 6 aromatic heterocycles. The summed E-state index contributed by atoms with van der Waals surface area (Å²) >= 11 is 32.8. The van der Waals surface area contributed by atoms with Crippen LogP contribution < -0.4 is 32.6 Å². The van der Waals surface area contributed by atoms with Crippen LogP contribution in [0.5, 0.6) is 0 Å². The monoisotopic (exact) mass is 1370 g/mol. The summed E-state index contributed by atoms with van der Waals surface area (Å²) in [5.41, 5.74) is 24.9. The first-order chi connectivity index (χ1) is 35.1. The first kappa shape index (κ1) is 53.1. The van der Waals surface area contributed by atoms with Crippen molar-refractivity contribution in [2.75, 3.05) is 32.6 Å². The zero-order valence-corrected chi connectivity index (χ0v) is 50.0. The van der Waals surface area contributed by atoms with E-state index in [4.69, 9.17) is 0 Å². The third kappa shape index (κ3) is 13.6. The van der Waals surface area contributed by atoms with Crippen molar-refractivity contribution in [3.63, 3.8) is 0 Å². The van der Waals surface area contributed by atoms with Crippen LogP contribution in [0.4, 0.5) is 30.8 Å². The van der Waals surface area contributed by atoms with Crippen LogP contribution in [0.25, 0.3) is 61.3 Å². The number of para-hydroxylation sites is 6. The van der Waals surface area contributed by atoms with Crippen molar-refractivity contribution in [2.24, 2.45) is 0 Å². The molecule has 0 amide bonds. The number of benzene rings is 6. The molecular formula is C45H39IrN15S12+9. The second-order valence-electron chi connectivity index (χ2n) is 14.6. The zero-order valence-electron chi connectivity index (χ0n) is 37.0. The minimum atomic E-state index is 0. The van der Waals surface area contributed by atoms with Gasteiger partial charge in [-0.05, 0) is 88.2 Å². The summed E-state index contributed by atoms with van der Waals surface area (Å²) in [5, 5.41) is 9.46. The number of nitrogens with one attached hydrogen (secondary N) is 6. The van der Waals surface area contributed by atoms with Gasteiger partial charge < -0.3 is 0 Å². The normalized spacial score (nSPS) is 11.1. The fourth-order valence-corrected chi connectivity index (χ4v) is 12.3. The molecule has 0 saturated heterocycles. The molecule has 12 rings (SSSR count). The quantitative estimate of drug-likeness (QED) is 0.0298. The maximum atomic E-state index is 4.56. The Labute approximate surface area is 485 Å². The maximum Gasteiger partial charge on any atom is 3.00 e. The minimum absolute atomic E-state index is 0. The molecule has 6 heterocycles. The Morgan fingerprint density at radius 2 is 0.452 bits per heavy atom. The van der Waals surface area contributed by atoms with Crippen LogP contribution in [0.1, 0.15) is 0 Å². The number of hydrogen-bond acceptors (Lipinski definition) is 18. The molecule has 0 saturated carbocycles. The zero-order chi connectivity index (χ0) is 49.6. The van der Waals surface area contributed by atoms with E-state index in [2.05, 4.69) is 137 Å². The summed E-state index contributed by atoms with van der Waals surface area (Å²) in [7, 11) is 0. The molecule has 0 bridgehead atoms. The Bertz CT molecular complexity index is 3050. The summed E-state index contributed by atoms with van der Waals surface area (Å²) in [6.45, 7) is 0. The van der Waals surface area contributed by atoms with E-state index >= 15 is 0 Å². The maximum absolute atomic E-state index is 4.56.